The standard InChI is InChI=1S/C26H20O4S/c1-6-18-14-24(28-3)19(15-23(18)27-2)9-10-20-16-26(30-5)21(17-25(20)29-4)11-12-22-8-7-13-31-22/h1,7-8,13-17H,2-5H3. The second-order valence-electron chi connectivity index (χ2n) is 6.13. The van der Waals surface area contributed by atoms with Gasteiger partial charge in [0.1, 0.15) is 23.0 Å². The number of thiophene rings is 1. The highest BCUT2D eigenvalue weighted by atomic mass is 32.1. The van der Waals surface area contributed by atoms with Crippen molar-refractivity contribution in [1.29, 1.82) is 0 Å². The summed E-state index contributed by atoms with van der Waals surface area (Å²) in [6.45, 7) is 0. The molecule has 0 aliphatic rings. The van der Waals surface area contributed by atoms with E-state index in [1.54, 1.807) is 51.9 Å². The van der Waals surface area contributed by atoms with Gasteiger partial charge in [0.05, 0.1) is 55.6 Å². The Morgan fingerprint density at radius 1 is 0.645 bits per heavy atom. The maximum Gasteiger partial charge on any atom is 0.136 e. The predicted octanol–water partition coefficient (Wildman–Crippen LogP) is 4.56. The average Bonchev–Trinajstić information content (AvgIpc) is 3.34. The lowest BCUT2D eigenvalue weighted by atomic mass is 10.1. The van der Waals surface area contributed by atoms with Gasteiger partial charge in [-0.2, -0.15) is 0 Å². The third-order valence-corrected chi connectivity index (χ3v) is 5.16. The Kier molecular flexibility index (Phi) is 7.13. The molecule has 0 amide bonds. The first-order valence-electron chi connectivity index (χ1n) is 9.19. The smallest absolute Gasteiger partial charge is 0.136 e. The maximum absolute atomic E-state index is 5.54. The molecule has 0 fully saturated rings. The third kappa shape index (κ3) is 4.96. The van der Waals surface area contributed by atoms with Crippen LogP contribution in [0.1, 0.15) is 27.1 Å². The largest absolute Gasteiger partial charge is 0.495 e. The highest BCUT2D eigenvalue weighted by molar-refractivity contribution is 7.10. The van der Waals surface area contributed by atoms with Gasteiger partial charge in [0, 0.05) is 24.3 Å². The first kappa shape index (κ1) is 21.7. The van der Waals surface area contributed by atoms with Crippen molar-refractivity contribution in [2.75, 3.05) is 28.4 Å². The molecule has 0 N–H and O–H groups in total. The number of hydrogen-bond acceptors (Lipinski definition) is 5. The van der Waals surface area contributed by atoms with Crippen molar-refractivity contribution in [3.05, 3.63) is 68.9 Å². The van der Waals surface area contributed by atoms with Gasteiger partial charge in [-0.15, -0.1) is 17.8 Å². The molecule has 0 unspecified atom stereocenters. The van der Waals surface area contributed by atoms with Gasteiger partial charge < -0.3 is 18.9 Å². The van der Waals surface area contributed by atoms with Crippen LogP contribution < -0.4 is 18.9 Å². The van der Waals surface area contributed by atoms with Crippen molar-refractivity contribution in [2.24, 2.45) is 0 Å². The lowest BCUT2D eigenvalue weighted by molar-refractivity contribution is 0.401. The number of terminal acetylenes is 1. The Morgan fingerprint density at radius 3 is 1.45 bits per heavy atom. The van der Waals surface area contributed by atoms with Crippen LogP contribution in [0.25, 0.3) is 0 Å². The zero-order valence-electron chi connectivity index (χ0n) is 17.7. The topological polar surface area (TPSA) is 36.9 Å². The van der Waals surface area contributed by atoms with E-state index >= 15 is 0 Å². The Labute approximate surface area is 186 Å². The van der Waals surface area contributed by atoms with E-state index in [1.807, 2.05) is 29.6 Å². The van der Waals surface area contributed by atoms with Gasteiger partial charge in [-0.1, -0.05) is 35.7 Å². The first-order valence-corrected chi connectivity index (χ1v) is 10.1. The molecular formula is C26H20O4S. The molecule has 0 spiro atoms. The minimum absolute atomic E-state index is 0.552. The lowest BCUT2D eigenvalue weighted by Gasteiger charge is -2.10. The van der Waals surface area contributed by atoms with Crippen molar-refractivity contribution in [1.82, 2.24) is 0 Å². The zero-order valence-corrected chi connectivity index (χ0v) is 18.5. The highest BCUT2D eigenvalue weighted by Crippen LogP contribution is 2.30. The van der Waals surface area contributed by atoms with Gasteiger partial charge in [-0.25, -0.2) is 0 Å². The Hall–Kier alpha value is -3.98. The van der Waals surface area contributed by atoms with Gasteiger partial charge in [0.2, 0.25) is 0 Å². The van der Waals surface area contributed by atoms with Crippen LogP contribution in [0.2, 0.25) is 0 Å². The van der Waals surface area contributed by atoms with Crippen molar-refractivity contribution in [3.8, 4) is 59.0 Å². The Morgan fingerprint density at radius 2 is 1.06 bits per heavy atom. The van der Waals surface area contributed by atoms with E-state index < -0.39 is 0 Å². The summed E-state index contributed by atoms with van der Waals surface area (Å²) in [6.07, 6.45) is 5.54. The lowest BCUT2D eigenvalue weighted by Crippen LogP contribution is -1.95. The molecule has 5 heteroatoms. The highest BCUT2D eigenvalue weighted by Gasteiger charge is 2.11. The minimum atomic E-state index is 0.552. The molecule has 3 rings (SSSR count). The summed E-state index contributed by atoms with van der Waals surface area (Å²) < 4.78 is 21.9. The summed E-state index contributed by atoms with van der Waals surface area (Å²) in [4.78, 5) is 0.973. The minimum Gasteiger partial charge on any atom is -0.495 e. The third-order valence-electron chi connectivity index (χ3n) is 4.37. The molecule has 0 aliphatic heterocycles. The van der Waals surface area contributed by atoms with E-state index in [-0.39, 0.29) is 0 Å². The second kappa shape index (κ2) is 10.2. The molecule has 1 aromatic heterocycles. The molecule has 0 atom stereocenters. The Bertz CT molecular complexity index is 1240. The summed E-state index contributed by atoms with van der Waals surface area (Å²) in [7, 11) is 6.32. The fourth-order valence-corrected chi connectivity index (χ4v) is 3.39. The van der Waals surface area contributed by atoms with Gasteiger partial charge in [0.15, 0.2) is 0 Å². The van der Waals surface area contributed by atoms with Crippen molar-refractivity contribution < 1.29 is 18.9 Å². The summed E-state index contributed by atoms with van der Waals surface area (Å²) in [5, 5.41) is 1.99. The molecule has 0 aliphatic carbocycles. The molecule has 154 valence electrons. The molecule has 0 saturated heterocycles. The monoisotopic (exact) mass is 428 g/mol. The van der Waals surface area contributed by atoms with Crippen LogP contribution in [0.4, 0.5) is 0 Å². The van der Waals surface area contributed by atoms with E-state index in [2.05, 4.69) is 29.6 Å². The molecule has 2 aromatic carbocycles. The summed E-state index contributed by atoms with van der Waals surface area (Å²) in [5.41, 5.74) is 2.61. The van der Waals surface area contributed by atoms with E-state index in [4.69, 9.17) is 25.4 Å². The molecule has 0 bridgehead atoms. The molecule has 31 heavy (non-hydrogen) atoms. The normalized spacial score (nSPS) is 9.39. The fourth-order valence-electron chi connectivity index (χ4n) is 2.81. The quantitative estimate of drug-likeness (QED) is 0.571. The van der Waals surface area contributed by atoms with E-state index in [0.717, 1.165) is 10.4 Å². The van der Waals surface area contributed by atoms with Crippen LogP contribution in [0.3, 0.4) is 0 Å². The van der Waals surface area contributed by atoms with Crippen LogP contribution >= 0.6 is 11.3 Å². The number of hydrogen-bond donors (Lipinski definition) is 0. The molecule has 0 radical (unpaired) electrons. The van der Waals surface area contributed by atoms with Crippen molar-refractivity contribution >= 4 is 11.3 Å². The van der Waals surface area contributed by atoms with Crippen LogP contribution in [0.5, 0.6) is 23.0 Å². The average molecular weight is 429 g/mol. The predicted molar refractivity (Wildman–Crippen MR) is 123 cm³/mol. The molecule has 4 nitrogen and oxygen atoms in total. The van der Waals surface area contributed by atoms with Crippen LogP contribution in [-0.4, -0.2) is 28.4 Å². The van der Waals surface area contributed by atoms with Gasteiger partial charge in [0.25, 0.3) is 0 Å². The van der Waals surface area contributed by atoms with E-state index in [9.17, 15) is 0 Å². The molecule has 1 heterocycles. The SMILES string of the molecule is C#Cc1cc(OC)c(C#Cc2cc(OC)c(C#Cc3cccs3)cc2OC)cc1OC. The number of benzene rings is 2. The van der Waals surface area contributed by atoms with Crippen molar-refractivity contribution in [3.63, 3.8) is 0 Å². The van der Waals surface area contributed by atoms with Gasteiger partial charge in [-0.05, 0) is 11.4 Å². The number of ether oxygens (including phenoxy) is 4. The second-order valence-corrected chi connectivity index (χ2v) is 7.07. The summed E-state index contributed by atoms with van der Waals surface area (Å²) in [6, 6.07) is 11.0. The maximum atomic E-state index is 5.54. The van der Waals surface area contributed by atoms with Gasteiger partial charge in [-0.3, -0.25) is 0 Å². The van der Waals surface area contributed by atoms with Crippen LogP contribution in [0, 0.1) is 36.0 Å². The van der Waals surface area contributed by atoms with Gasteiger partial charge >= 0.3 is 0 Å². The molecule has 3 aromatic rings. The first-order chi connectivity index (χ1) is 15.1. The van der Waals surface area contributed by atoms with Crippen LogP contribution in [-0.2, 0) is 0 Å². The molecular weight excluding hydrogens is 408 g/mol. The zero-order chi connectivity index (χ0) is 22.2. The number of rotatable bonds is 4. The van der Waals surface area contributed by atoms with Crippen molar-refractivity contribution in [2.45, 2.75) is 0 Å². The molecule has 0 saturated carbocycles. The Balaban J connectivity index is 2.06. The number of methoxy groups -OCH3 is 4. The van der Waals surface area contributed by atoms with E-state index in [1.165, 1.54) is 0 Å². The van der Waals surface area contributed by atoms with Crippen LogP contribution in [0.15, 0.2) is 41.8 Å². The summed E-state index contributed by atoms with van der Waals surface area (Å²) in [5.74, 6) is 17.4. The van der Waals surface area contributed by atoms with E-state index in [0.29, 0.717) is 39.7 Å². The summed E-state index contributed by atoms with van der Waals surface area (Å²) >= 11 is 1.58. The fraction of sp³-hybridized carbons (Fsp3) is 0.154.